The fourth-order valence-electron chi connectivity index (χ4n) is 2.14. The van der Waals surface area contributed by atoms with Crippen LogP contribution < -0.4 is 17.0 Å². The van der Waals surface area contributed by atoms with Crippen molar-refractivity contribution >= 4 is 23.4 Å². The molecule has 4 N–H and O–H groups in total. The number of aromatic nitrogens is 5. The van der Waals surface area contributed by atoms with Crippen molar-refractivity contribution in [3.63, 3.8) is 0 Å². The van der Waals surface area contributed by atoms with Crippen molar-refractivity contribution in [2.24, 2.45) is 7.05 Å². The highest BCUT2D eigenvalue weighted by Crippen LogP contribution is 2.19. The number of nitrogen functional groups attached to an aromatic ring is 1. The molecule has 0 radical (unpaired) electrons. The van der Waals surface area contributed by atoms with Gasteiger partial charge in [-0.05, 0) is 0 Å². The number of benzene rings is 1. The molecule has 0 saturated heterocycles. The number of aromatic amines is 2. The molecule has 128 valence electrons. The molecular weight excluding hydrogens is 344 g/mol. The molecule has 0 aliphatic carbocycles. The molecule has 10 heteroatoms. The van der Waals surface area contributed by atoms with Gasteiger partial charge in [-0.3, -0.25) is 24.2 Å². The van der Waals surface area contributed by atoms with Crippen LogP contribution in [0.25, 0.3) is 11.4 Å². The summed E-state index contributed by atoms with van der Waals surface area (Å²) in [6.45, 7) is 0. The average Bonchev–Trinajstić information content (AvgIpc) is 3.08. The van der Waals surface area contributed by atoms with Crippen LogP contribution >= 0.6 is 11.8 Å². The Kier molecular flexibility index (Phi) is 4.52. The van der Waals surface area contributed by atoms with Gasteiger partial charge in [0, 0.05) is 12.6 Å². The molecule has 1 aromatic carbocycles. The minimum absolute atomic E-state index is 0.0857. The van der Waals surface area contributed by atoms with Gasteiger partial charge in [-0.15, -0.1) is 5.10 Å². The number of nitrogens with one attached hydrogen (secondary N) is 2. The van der Waals surface area contributed by atoms with Crippen molar-refractivity contribution in [1.82, 2.24) is 24.7 Å². The van der Waals surface area contributed by atoms with Crippen LogP contribution in [0.5, 0.6) is 0 Å². The summed E-state index contributed by atoms with van der Waals surface area (Å²) in [6.07, 6.45) is 0. The van der Waals surface area contributed by atoms with Gasteiger partial charge in [0.25, 0.3) is 5.56 Å². The molecule has 2 aromatic heterocycles. The predicted octanol–water partition coefficient (Wildman–Crippen LogP) is 0.416. The van der Waals surface area contributed by atoms with Gasteiger partial charge in [0.1, 0.15) is 11.4 Å². The molecule has 0 unspecified atom stereocenters. The van der Waals surface area contributed by atoms with Gasteiger partial charge in [-0.1, -0.05) is 42.1 Å². The summed E-state index contributed by atoms with van der Waals surface area (Å²) in [6, 6.07) is 9.41. The van der Waals surface area contributed by atoms with Gasteiger partial charge in [0.05, 0.1) is 5.75 Å². The predicted molar refractivity (Wildman–Crippen MR) is 93.6 cm³/mol. The fraction of sp³-hybridized carbons (Fsp3) is 0.133. The lowest BCUT2D eigenvalue weighted by Crippen LogP contribution is -2.35. The Morgan fingerprint density at radius 3 is 2.72 bits per heavy atom. The highest BCUT2D eigenvalue weighted by molar-refractivity contribution is 7.99. The summed E-state index contributed by atoms with van der Waals surface area (Å²) in [7, 11) is 1.37. The van der Waals surface area contributed by atoms with Crippen LogP contribution in [0, 0.1) is 0 Å². The summed E-state index contributed by atoms with van der Waals surface area (Å²) >= 11 is 1.07. The number of hydrogen-bond donors (Lipinski definition) is 3. The van der Waals surface area contributed by atoms with Gasteiger partial charge >= 0.3 is 5.69 Å². The van der Waals surface area contributed by atoms with Crippen molar-refractivity contribution in [3.8, 4) is 11.4 Å². The zero-order valence-electron chi connectivity index (χ0n) is 13.1. The lowest BCUT2D eigenvalue weighted by molar-refractivity contribution is 0.102. The number of hydrogen-bond acceptors (Lipinski definition) is 7. The third kappa shape index (κ3) is 3.38. The Morgan fingerprint density at radius 1 is 1.28 bits per heavy atom. The first-order valence-corrected chi connectivity index (χ1v) is 8.18. The number of nitrogens with zero attached hydrogens (tertiary/aromatic N) is 3. The first-order chi connectivity index (χ1) is 12.0. The van der Waals surface area contributed by atoms with E-state index in [0.29, 0.717) is 11.0 Å². The molecule has 0 aliphatic rings. The van der Waals surface area contributed by atoms with E-state index in [4.69, 9.17) is 5.73 Å². The first-order valence-electron chi connectivity index (χ1n) is 7.20. The molecule has 0 bridgehead atoms. The number of nitrogens with two attached hydrogens (primary N) is 1. The number of carbonyl (C=O) groups is 1. The van der Waals surface area contributed by atoms with Crippen LogP contribution in [0.15, 0.2) is 45.1 Å². The van der Waals surface area contributed by atoms with E-state index in [2.05, 4.69) is 20.2 Å². The van der Waals surface area contributed by atoms with Crippen molar-refractivity contribution in [3.05, 3.63) is 56.7 Å². The Hall–Kier alpha value is -3.14. The fourth-order valence-corrected chi connectivity index (χ4v) is 2.82. The third-order valence-electron chi connectivity index (χ3n) is 3.49. The highest BCUT2D eigenvalue weighted by atomic mass is 32.2. The van der Waals surface area contributed by atoms with Gasteiger partial charge in [0.15, 0.2) is 11.6 Å². The zero-order valence-corrected chi connectivity index (χ0v) is 14.0. The number of H-pyrrole nitrogens is 2. The summed E-state index contributed by atoms with van der Waals surface area (Å²) in [4.78, 5) is 41.9. The van der Waals surface area contributed by atoms with Crippen LogP contribution in [0.4, 0.5) is 5.82 Å². The quantitative estimate of drug-likeness (QED) is 0.443. The second-order valence-corrected chi connectivity index (χ2v) is 6.07. The Bertz CT molecular complexity index is 1040. The number of Topliss-reactive ketones (excluding diaryl/α,β-unsaturated/α-hetero) is 1. The van der Waals surface area contributed by atoms with E-state index < -0.39 is 17.0 Å². The summed E-state index contributed by atoms with van der Waals surface area (Å²) in [5.74, 6) is -0.183. The number of thioether (sulfide) groups is 1. The van der Waals surface area contributed by atoms with Crippen LogP contribution in [0.1, 0.15) is 10.4 Å². The Morgan fingerprint density at radius 2 is 2.00 bits per heavy atom. The average molecular weight is 358 g/mol. The van der Waals surface area contributed by atoms with E-state index >= 15 is 0 Å². The highest BCUT2D eigenvalue weighted by Gasteiger charge is 2.19. The minimum atomic E-state index is -0.800. The van der Waals surface area contributed by atoms with Gasteiger partial charge in [-0.2, -0.15) is 0 Å². The van der Waals surface area contributed by atoms with Gasteiger partial charge < -0.3 is 5.73 Å². The van der Waals surface area contributed by atoms with Gasteiger partial charge in [0.2, 0.25) is 5.16 Å². The lowest BCUT2D eigenvalue weighted by Gasteiger charge is -2.06. The van der Waals surface area contributed by atoms with Crippen LogP contribution in [-0.2, 0) is 7.05 Å². The van der Waals surface area contributed by atoms with Crippen molar-refractivity contribution in [2.75, 3.05) is 11.5 Å². The SMILES string of the molecule is Cn1c(N)c(C(=O)CSc2n[nH]c(-c3ccccc3)n2)c(=O)[nH]c1=O. The smallest absolute Gasteiger partial charge is 0.329 e. The van der Waals surface area contributed by atoms with Crippen LogP contribution in [0.3, 0.4) is 0 Å². The number of ketones is 1. The minimum Gasteiger partial charge on any atom is -0.384 e. The molecule has 9 nitrogen and oxygen atoms in total. The maximum absolute atomic E-state index is 12.3. The maximum Gasteiger partial charge on any atom is 0.329 e. The third-order valence-corrected chi connectivity index (χ3v) is 4.34. The second-order valence-electron chi connectivity index (χ2n) is 5.12. The molecule has 2 heterocycles. The zero-order chi connectivity index (χ0) is 18.0. The molecule has 3 rings (SSSR count). The van der Waals surface area contributed by atoms with Crippen LogP contribution in [-0.4, -0.2) is 36.3 Å². The normalized spacial score (nSPS) is 10.8. The molecule has 0 spiro atoms. The monoisotopic (exact) mass is 358 g/mol. The van der Waals surface area contributed by atoms with Crippen LogP contribution in [0.2, 0.25) is 0 Å². The van der Waals surface area contributed by atoms with E-state index in [-0.39, 0.29) is 17.1 Å². The van der Waals surface area contributed by atoms with Gasteiger partial charge in [-0.25, -0.2) is 9.78 Å². The van der Waals surface area contributed by atoms with Crippen molar-refractivity contribution < 1.29 is 4.79 Å². The maximum atomic E-state index is 12.3. The summed E-state index contributed by atoms with van der Waals surface area (Å²) in [5, 5.41) is 7.20. The van der Waals surface area contributed by atoms with E-state index in [0.717, 1.165) is 21.9 Å². The Balaban J connectivity index is 1.76. The van der Waals surface area contributed by atoms with E-state index in [1.165, 1.54) is 7.05 Å². The number of rotatable bonds is 5. The molecule has 3 aromatic rings. The first kappa shape index (κ1) is 16.7. The van der Waals surface area contributed by atoms with E-state index in [9.17, 15) is 14.4 Å². The number of anilines is 1. The molecule has 0 atom stereocenters. The number of carbonyl (C=O) groups excluding carboxylic acids is 1. The van der Waals surface area contributed by atoms with Crippen molar-refractivity contribution in [1.29, 1.82) is 0 Å². The lowest BCUT2D eigenvalue weighted by atomic mass is 10.2. The molecule has 0 fully saturated rings. The van der Waals surface area contributed by atoms with E-state index in [1.54, 1.807) is 0 Å². The van der Waals surface area contributed by atoms with E-state index in [1.807, 2.05) is 30.3 Å². The standard InChI is InChI=1S/C15H14N6O3S/c1-21-11(16)10(13(23)18-15(21)24)9(22)7-25-14-17-12(19-20-14)8-5-3-2-4-6-8/h2-6H,7,16H2,1H3,(H,17,19,20)(H,18,23,24). The summed E-state index contributed by atoms with van der Waals surface area (Å²) in [5.41, 5.74) is 4.86. The molecule has 0 aliphatic heterocycles. The molecule has 25 heavy (non-hydrogen) atoms. The topological polar surface area (TPSA) is 140 Å². The van der Waals surface area contributed by atoms with Crippen molar-refractivity contribution in [2.45, 2.75) is 5.16 Å². The Labute approximate surface area is 145 Å². The largest absolute Gasteiger partial charge is 0.384 e. The second kappa shape index (κ2) is 6.77. The molecular formula is C15H14N6O3S. The molecule has 0 saturated carbocycles. The summed E-state index contributed by atoms with van der Waals surface area (Å²) < 4.78 is 1.01. The molecule has 0 amide bonds.